The highest BCUT2D eigenvalue weighted by Crippen LogP contribution is 2.54. The molecule has 0 bridgehead atoms. The average Bonchev–Trinajstić information content (AvgIpc) is 3.61. The minimum Gasteiger partial charge on any atom is -0.318 e. The number of oxime groups is 1. The number of nitrogens with zero attached hydrogens (tertiary/aromatic N) is 1. The fourth-order valence-corrected chi connectivity index (χ4v) is 7.65. The molecule has 2 aliphatic carbocycles. The average molecular weight is 570 g/mol. The number of hydrogen-bond donors (Lipinski definition) is 0. The number of rotatable bonds is 11. The summed E-state index contributed by atoms with van der Waals surface area (Å²) in [4.78, 5) is 44.6. The molecule has 5 nitrogen and oxygen atoms in total. The lowest BCUT2D eigenvalue weighted by Gasteiger charge is -2.32. The zero-order chi connectivity index (χ0) is 29.0. The van der Waals surface area contributed by atoms with Crippen LogP contribution in [0.15, 0.2) is 59.1 Å². The van der Waals surface area contributed by atoms with Crippen molar-refractivity contribution in [3.8, 4) is 11.1 Å². The second-order valence-electron chi connectivity index (χ2n) is 11.6. The van der Waals surface area contributed by atoms with Crippen molar-refractivity contribution >= 4 is 34.6 Å². The monoisotopic (exact) mass is 569 g/mol. The fourth-order valence-electron chi connectivity index (χ4n) is 6.97. The van der Waals surface area contributed by atoms with Crippen molar-refractivity contribution in [2.75, 3.05) is 0 Å². The van der Waals surface area contributed by atoms with Crippen molar-refractivity contribution in [1.29, 1.82) is 0 Å². The predicted octanol–water partition coefficient (Wildman–Crippen LogP) is 8.92. The summed E-state index contributed by atoms with van der Waals surface area (Å²) in [5.74, 6) is -0.281. The third-order valence-electron chi connectivity index (χ3n) is 8.74. The molecule has 0 atom stereocenters. The Balaban J connectivity index is 1.56. The molecule has 0 amide bonds. The van der Waals surface area contributed by atoms with E-state index in [4.69, 9.17) is 4.84 Å². The van der Waals surface area contributed by atoms with Crippen molar-refractivity contribution in [1.82, 2.24) is 0 Å². The van der Waals surface area contributed by atoms with Crippen LogP contribution in [0.3, 0.4) is 0 Å². The third kappa shape index (κ3) is 5.85. The van der Waals surface area contributed by atoms with Gasteiger partial charge in [0.1, 0.15) is 5.71 Å². The Kier molecular flexibility index (Phi) is 8.98. The van der Waals surface area contributed by atoms with Gasteiger partial charge in [0.05, 0.1) is 4.88 Å². The summed E-state index contributed by atoms with van der Waals surface area (Å²) < 4.78 is 0. The third-order valence-corrected chi connectivity index (χ3v) is 9.61. The SMILES string of the molecule is CCCC1(CCC)c2cc(C(=O)/C(CC3CCCCC3)=N/OC(C)=O)ccc2-c2ccc(C(=O)c3cccs3)cc21. The molecule has 2 aliphatic rings. The highest BCUT2D eigenvalue weighted by atomic mass is 32.1. The van der Waals surface area contributed by atoms with Crippen LogP contribution in [0.1, 0.15) is 122 Å². The van der Waals surface area contributed by atoms with E-state index in [0.29, 0.717) is 29.2 Å². The van der Waals surface area contributed by atoms with E-state index in [1.807, 2.05) is 35.7 Å². The van der Waals surface area contributed by atoms with Gasteiger partial charge in [-0.15, -0.1) is 11.3 Å². The Hall–Kier alpha value is -3.38. The first-order valence-electron chi connectivity index (χ1n) is 15.0. The van der Waals surface area contributed by atoms with Gasteiger partial charge in [-0.05, 0) is 71.0 Å². The number of carbonyl (C=O) groups excluding carboxylic acids is 3. The molecule has 0 spiro atoms. The zero-order valence-corrected chi connectivity index (χ0v) is 25.1. The lowest BCUT2D eigenvalue weighted by atomic mass is 9.71. The van der Waals surface area contributed by atoms with Crippen molar-refractivity contribution < 1.29 is 19.2 Å². The standard InChI is InChI=1S/C35H39NO4S/c1-4-17-35(18-5-2)29-21-25(33(38)31(36-40-23(3)37)20-24-10-7-6-8-11-24)13-15-27(29)28-16-14-26(22-30(28)35)34(39)32-12-9-19-41-32/h9,12-16,19,21-22,24H,4-8,10-11,17-18,20H2,1-3H3/b36-31+. The molecule has 1 saturated carbocycles. The molecule has 0 saturated heterocycles. The van der Waals surface area contributed by atoms with Crippen LogP contribution in [-0.4, -0.2) is 23.2 Å². The second-order valence-corrected chi connectivity index (χ2v) is 12.5. The first-order chi connectivity index (χ1) is 19.9. The van der Waals surface area contributed by atoms with Gasteiger partial charge in [0.15, 0.2) is 0 Å². The Morgan fingerprint density at radius 1 is 0.902 bits per heavy atom. The van der Waals surface area contributed by atoms with Crippen molar-refractivity contribution in [2.45, 2.75) is 90.4 Å². The van der Waals surface area contributed by atoms with Crippen molar-refractivity contribution in [3.63, 3.8) is 0 Å². The van der Waals surface area contributed by atoms with Gasteiger partial charge in [-0.25, -0.2) is 4.79 Å². The molecule has 214 valence electrons. The number of benzene rings is 2. The summed E-state index contributed by atoms with van der Waals surface area (Å²) >= 11 is 1.46. The van der Waals surface area contributed by atoms with Gasteiger partial charge in [0, 0.05) is 23.5 Å². The van der Waals surface area contributed by atoms with E-state index in [1.54, 1.807) is 0 Å². The summed E-state index contributed by atoms with van der Waals surface area (Å²) in [5.41, 5.74) is 5.90. The van der Waals surface area contributed by atoms with Crippen molar-refractivity contribution in [3.05, 3.63) is 81.0 Å². The Morgan fingerprint density at radius 3 is 2.12 bits per heavy atom. The Morgan fingerprint density at radius 2 is 1.54 bits per heavy atom. The smallest absolute Gasteiger partial charge is 0.318 e. The largest absolute Gasteiger partial charge is 0.331 e. The summed E-state index contributed by atoms with van der Waals surface area (Å²) in [5, 5.41) is 6.00. The van der Waals surface area contributed by atoms with Crippen LogP contribution in [0.4, 0.5) is 0 Å². The highest BCUT2D eigenvalue weighted by Gasteiger charge is 2.42. The number of carbonyl (C=O) groups is 3. The van der Waals surface area contributed by atoms with E-state index >= 15 is 0 Å². The van der Waals surface area contributed by atoms with E-state index in [2.05, 4.69) is 37.2 Å². The minimum atomic E-state index is -0.527. The molecule has 0 unspecified atom stereocenters. The molecule has 0 N–H and O–H groups in total. The van der Waals surface area contributed by atoms with Gasteiger partial charge < -0.3 is 4.84 Å². The molecular weight excluding hydrogens is 530 g/mol. The predicted molar refractivity (Wildman–Crippen MR) is 165 cm³/mol. The maximum atomic E-state index is 13.9. The van der Waals surface area contributed by atoms with Crippen LogP contribution in [0.2, 0.25) is 0 Å². The molecule has 2 aromatic carbocycles. The molecule has 1 fully saturated rings. The maximum Gasteiger partial charge on any atom is 0.331 e. The molecule has 1 heterocycles. The summed E-state index contributed by atoms with van der Waals surface area (Å²) in [7, 11) is 0. The molecule has 1 aromatic heterocycles. The normalized spacial score (nSPS) is 16.2. The van der Waals surface area contributed by atoms with Crippen LogP contribution in [0.25, 0.3) is 11.1 Å². The number of thiophene rings is 1. The molecule has 0 aliphatic heterocycles. The van der Waals surface area contributed by atoms with Gasteiger partial charge in [-0.2, -0.15) is 0 Å². The number of ketones is 2. The van der Waals surface area contributed by atoms with Crippen LogP contribution in [-0.2, 0) is 15.0 Å². The van der Waals surface area contributed by atoms with Gasteiger partial charge in [-0.1, -0.05) is 94.3 Å². The number of fused-ring (bicyclic) bond motifs is 3. The van der Waals surface area contributed by atoms with Gasteiger partial charge in [0.2, 0.25) is 11.6 Å². The van der Waals surface area contributed by atoms with Crippen LogP contribution in [0.5, 0.6) is 0 Å². The molecular formula is C35H39NO4S. The van der Waals surface area contributed by atoms with E-state index in [0.717, 1.165) is 72.9 Å². The molecule has 41 heavy (non-hydrogen) atoms. The van der Waals surface area contributed by atoms with E-state index in [1.165, 1.54) is 30.2 Å². The molecule has 5 rings (SSSR count). The van der Waals surface area contributed by atoms with E-state index in [-0.39, 0.29) is 17.0 Å². The fraction of sp³-hybridized carbons (Fsp3) is 0.429. The van der Waals surface area contributed by atoms with Crippen LogP contribution in [0, 0.1) is 5.92 Å². The molecule has 0 radical (unpaired) electrons. The van der Waals surface area contributed by atoms with Crippen molar-refractivity contribution in [2.24, 2.45) is 11.1 Å². The van der Waals surface area contributed by atoms with Gasteiger partial charge in [0.25, 0.3) is 0 Å². The number of hydrogen-bond acceptors (Lipinski definition) is 6. The summed E-state index contributed by atoms with van der Waals surface area (Å²) in [6, 6.07) is 15.9. The van der Waals surface area contributed by atoms with Gasteiger partial charge in [-0.3, -0.25) is 9.59 Å². The second kappa shape index (κ2) is 12.6. The number of Topliss-reactive ketones (excluding diaryl/α,β-unsaturated/α-hetero) is 1. The zero-order valence-electron chi connectivity index (χ0n) is 24.3. The summed E-state index contributed by atoms with van der Waals surface area (Å²) in [6.07, 6.45) is 9.98. The topological polar surface area (TPSA) is 72.8 Å². The first kappa shape index (κ1) is 29.1. The lowest BCUT2D eigenvalue weighted by Crippen LogP contribution is -2.26. The minimum absolute atomic E-state index is 0.0468. The first-order valence-corrected chi connectivity index (χ1v) is 15.9. The van der Waals surface area contributed by atoms with Gasteiger partial charge >= 0.3 is 5.97 Å². The van der Waals surface area contributed by atoms with E-state index in [9.17, 15) is 14.4 Å². The Bertz CT molecular complexity index is 1460. The quantitative estimate of drug-likeness (QED) is 0.100. The molecule has 3 aromatic rings. The summed E-state index contributed by atoms with van der Waals surface area (Å²) in [6.45, 7) is 5.69. The van der Waals surface area contributed by atoms with Crippen LogP contribution >= 0.6 is 11.3 Å². The maximum absolute atomic E-state index is 13.9. The Labute approximate surface area is 247 Å². The van der Waals surface area contributed by atoms with E-state index < -0.39 is 5.97 Å². The van der Waals surface area contributed by atoms with Crippen LogP contribution < -0.4 is 0 Å². The molecule has 6 heteroatoms. The highest BCUT2D eigenvalue weighted by molar-refractivity contribution is 7.12. The lowest BCUT2D eigenvalue weighted by molar-refractivity contribution is -0.140.